The molecule has 1 aliphatic heterocycles. The minimum Gasteiger partial charge on any atom is -0.343 e. The molecule has 1 aromatic rings. The average molecular weight is 358 g/mol. The highest BCUT2D eigenvalue weighted by atomic mass is 19.1. The number of fused-ring (bicyclic) bond motifs is 2. The second-order valence-electron chi connectivity index (χ2n) is 7.40. The van der Waals surface area contributed by atoms with Gasteiger partial charge in [-0.1, -0.05) is 12.2 Å². The fraction of sp³-hybridized carbons (Fsp3) is 0.476. The van der Waals surface area contributed by atoms with Gasteiger partial charge in [-0.15, -0.1) is 0 Å². The third-order valence-electron chi connectivity index (χ3n) is 6.06. The van der Waals surface area contributed by atoms with E-state index in [-0.39, 0.29) is 17.9 Å². The van der Waals surface area contributed by atoms with Crippen molar-refractivity contribution < 1.29 is 13.6 Å². The van der Waals surface area contributed by atoms with E-state index in [1.54, 1.807) is 0 Å². The zero-order valence-electron chi connectivity index (χ0n) is 15.5. The molecule has 0 spiro atoms. The molecule has 4 rings (SSSR count). The van der Waals surface area contributed by atoms with Crippen LogP contribution >= 0.6 is 0 Å². The molecule has 2 aliphatic carbocycles. The number of rotatable bonds is 3. The molecular weight excluding hydrogens is 334 g/mol. The monoisotopic (exact) mass is 358 g/mol. The third kappa shape index (κ3) is 2.44. The SMILES string of the molecule is CCN(CC)C(=O)[C@@H]1C=C2c3c(F)cc(F)c4c3C(=CC4)C[C@H]2N(C)C1. The lowest BCUT2D eigenvalue weighted by Crippen LogP contribution is -2.47. The third-order valence-corrected chi connectivity index (χ3v) is 6.06. The summed E-state index contributed by atoms with van der Waals surface area (Å²) in [6, 6.07) is 1.05. The van der Waals surface area contributed by atoms with Crippen LogP contribution < -0.4 is 0 Å². The lowest BCUT2D eigenvalue weighted by atomic mass is 9.76. The van der Waals surface area contributed by atoms with Gasteiger partial charge in [-0.3, -0.25) is 9.69 Å². The van der Waals surface area contributed by atoms with Gasteiger partial charge in [0.05, 0.1) is 5.92 Å². The average Bonchev–Trinajstić information content (AvgIpc) is 3.04. The van der Waals surface area contributed by atoms with Crippen molar-refractivity contribution in [3.8, 4) is 0 Å². The smallest absolute Gasteiger partial charge is 0.230 e. The number of amides is 1. The minimum absolute atomic E-state index is 0.0421. The van der Waals surface area contributed by atoms with Gasteiger partial charge in [0.15, 0.2) is 0 Å². The Hall–Kier alpha value is -2.01. The van der Waals surface area contributed by atoms with Gasteiger partial charge in [-0.05, 0) is 56.0 Å². The highest BCUT2D eigenvalue weighted by Gasteiger charge is 2.40. The molecule has 0 unspecified atom stereocenters. The quantitative estimate of drug-likeness (QED) is 0.826. The van der Waals surface area contributed by atoms with Crippen LogP contribution in [0.15, 0.2) is 18.2 Å². The Balaban J connectivity index is 1.84. The fourth-order valence-corrected chi connectivity index (χ4v) is 4.71. The number of nitrogens with zero attached hydrogens (tertiary/aromatic N) is 2. The molecule has 138 valence electrons. The summed E-state index contributed by atoms with van der Waals surface area (Å²) < 4.78 is 29.0. The van der Waals surface area contributed by atoms with E-state index >= 15 is 0 Å². The first-order valence-corrected chi connectivity index (χ1v) is 9.37. The number of carbonyl (C=O) groups is 1. The summed E-state index contributed by atoms with van der Waals surface area (Å²) in [4.78, 5) is 16.8. The van der Waals surface area contributed by atoms with Crippen LogP contribution in [0.5, 0.6) is 0 Å². The summed E-state index contributed by atoms with van der Waals surface area (Å²) in [5.74, 6) is -1.20. The first kappa shape index (κ1) is 17.4. The molecule has 26 heavy (non-hydrogen) atoms. The van der Waals surface area contributed by atoms with Gasteiger partial charge in [0, 0.05) is 37.3 Å². The molecule has 0 N–H and O–H groups in total. The molecule has 5 heteroatoms. The Morgan fingerprint density at radius 2 is 1.96 bits per heavy atom. The van der Waals surface area contributed by atoms with Crippen molar-refractivity contribution in [3.63, 3.8) is 0 Å². The Bertz CT molecular complexity index is 839. The lowest BCUT2D eigenvalue weighted by molar-refractivity contribution is -0.134. The number of likely N-dealkylation sites (N-methyl/N-ethyl adjacent to an activating group) is 1. The predicted octanol–water partition coefficient (Wildman–Crippen LogP) is 3.49. The number of hydrogen-bond acceptors (Lipinski definition) is 2. The molecule has 0 fully saturated rings. The standard InChI is InChI=1S/C21H24F2N2O/c1-4-25(5-2)21(26)13-8-15-18(24(3)11-13)9-12-6-7-14-16(22)10-17(23)20(15)19(12)14/h6,8,10,13,18H,4-5,7,9,11H2,1-3H3/t13-,18-/m1/s1. The van der Waals surface area contributed by atoms with Gasteiger partial charge in [0.2, 0.25) is 5.91 Å². The van der Waals surface area contributed by atoms with Gasteiger partial charge < -0.3 is 4.90 Å². The molecule has 0 saturated carbocycles. The molecule has 0 aromatic heterocycles. The van der Waals surface area contributed by atoms with Crippen LogP contribution in [0, 0.1) is 17.6 Å². The van der Waals surface area contributed by atoms with E-state index < -0.39 is 11.6 Å². The second-order valence-corrected chi connectivity index (χ2v) is 7.40. The van der Waals surface area contributed by atoms with Crippen molar-refractivity contribution in [1.29, 1.82) is 0 Å². The topological polar surface area (TPSA) is 23.6 Å². The van der Waals surface area contributed by atoms with E-state index in [9.17, 15) is 13.6 Å². The Kier molecular flexibility index (Phi) is 4.22. The molecule has 3 aliphatic rings. The van der Waals surface area contributed by atoms with Gasteiger partial charge in [0.1, 0.15) is 11.6 Å². The van der Waals surface area contributed by atoms with E-state index in [0.717, 1.165) is 29.2 Å². The maximum absolute atomic E-state index is 14.8. The zero-order valence-corrected chi connectivity index (χ0v) is 15.5. The maximum Gasteiger partial charge on any atom is 0.230 e. The molecule has 1 amide bonds. The highest BCUT2D eigenvalue weighted by Crippen LogP contribution is 2.48. The van der Waals surface area contributed by atoms with Crippen molar-refractivity contribution in [2.45, 2.75) is 32.7 Å². The van der Waals surface area contributed by atoms with Crippen LogP contribution in [-0.4, -0.2) is 48.4 Å². The number of benzene rings is 1. The molecule has 1 aromatic carbocycles. The summed E-state index contributed by atoms with van der Waals surface area (Å²) in [5, 5.41) is 0. The summed E-state index contributed by atoms with van der Waals surface area (Å²) in [5.41, 5.74) is 3.71. The summed E-state index contributed by atoms with van der Waals surface area (Å²) in [7, 11) is 1.99. The van der Waals surface area contributed by atoms with Gasteiger partial charge >= 0.3 is 0 Å². The largest absolute Gasteiger partial charge is 0.343 e. The van der Waals surface area contributed by atoms with Crippen molar-refractivity contribution in [3.05, 3.63) is 46.5 Å². The molecule has 0 radical (unpaired) electrons. The van der Waals surface area contributed by atoms with E-state index in [4.69, 9.17) is 0 Å². The normalized spacial score (nSPS) is 23.9. The van der Waals surface area contributed by atoms with E-state index in [0.29, 0.717) is 37.2 Å². The second kappa shape index (κ2) is 6.31. The van der Waals surface area contributed by atoms with E-state index in [1.807, 2.05) is 37.9 Å². The first-order chi connectivity index (χ1) is 12.5. The van der Waals surface area contributed by atoms with Crippen molar-refractivity contribution >= 4 is 17.1 Å². The molecule has 2 atom stereocenters. The van der Waals surface area contributed by atoms with E-state index in [2.05, 4.69) is 4.90 Å². The van der Waals surface area contributed by atoms with Crippen LogP contribution in [0.4, 0.5) is 8.78 Å². The molecule has 3 nitrogen and oxygen atoms in total. The van der Waals surface area contributed by atoms with Crippen LogP contribution in [0.2, 0.25) is 0 Å². The number of carbonyl (C=O) groups excluding carboxylic acids is 1. The lowest BCUT2D eigenvalue weighted by Gasteiger charge is -2.41. The van der Waals surface area contributed by atoms with Crippen LogP contribution in [0.1, 0.15) is 37.0 Å². The molecule has 0 saturated heterocycles. The van der Waals surface area contributed by atoms with Crippen molar-refractivity contribution in [2.75, 3.05) is 26.7 Å². The van der Waals surface area contributed by atoms with Crippen molar-refractivity contribution in [2.24, 2.45) is 5.92 Å². The van der Waals surface area contributed by atoms with Gasteiger partial charge in [-0.25, -0.2) is 8.78 Å². The molecular formula is C21H24F2N2O. The van der Waals surface area contributed by atoms with Crippen LogP contribution in [-0.2, 0) is 11.2 Å². The predicted molar refractivity (Wildman–Crippen MR) is 98.5 cm³/mol. The fourth-order valence-electron chi connectivity index (χ4n) is 4.71. The van der Waals surface area contributed by atoms with Crippen LogP contribution in [0.25, 0.3) is 11.1 Å². The summed E-state index contributed by atoms with van der Waals surface area (Å²) >= 11 is 0. The van der Waals surface area contributed by atoms with E-state index in [1.165, 1.54) is 0 Å². The number of halogens is 2. The summed E-state index contributed by atoms with van der Waals surface area (Å²) in [6.45, 7) is 5.88. The van der Waals surface area contributed by atoms with Crippen molar-refractivity contribution in [1.82, 2.24) is 9.80 Å². The zero-order chi connectivity index (χ0) is 18.6. The first-order valence-electron chi connectivity index (χ1n) is 9.37. The molecule has 1 heterocycles. The van der Waals surface area contributed by atoms with Gasteiger partial charge in [0.25, 0.3) is 0 Å². The minimum atomic E-state index is -0.519. The number of allylic oxidation sites excluding steroid dienone is 1. The highest BCUT2D eigenvalue weighted by molar-refractivity contribution is 5.93. The Morgan fingerprint density at radius 3 is 2.65 bits per heavy atom. The Labute approximate surface area is 153 Å². The Morgan fingerprint density at radius 1 is 1.23 bits per heavy atom. The number of hydrogen-bond donors (Lipinski definition) is 0. The summed E-state index contributed by atoms with van der Waals surface area (Å²) in [6.07, 6.45) is 5.23. The van der Waals surface area contributed by atoms with Gasteiger partial charge in [-0.2, -0.15) is 0 Å². The van der Waals surface area contributed by atoms with Crippen LogP contribution in [0.3, 0.4) is 0 Å². The molecule has 0 bridgehead atoms. The maximum atomic E-state index is 14.8.